The van der Waals surface area contributed by atoms with Crippen molar-refractivity contribution in [3.8, 4) is 0 Å². The van der Waals surface area contributed by atoms with Crippen molar-refractivity contribution in [2.45, 2.75) is 135 Å². The zero-order valence-electron chi connectivity index (χ0n) is 20.8. The maximum atomic E-state index is 12.2. The summed E-state index contributed by atoms with van der Waals surface area (Å²) < 4.78 is 5.13. The van der Waals surface area contributed by atoms with Gasteiger partial charge in [-0.3, -0.25) is 9.59 Å². The minimum atomic E-state index is -0.508. The number of aliphatic hydroxyl groups excluding tert-OH is 2. The van der Waals surface area contributed by atoms with E-state index in [1.54, 1.807) is 0 Å². The van der Waals surface area contributed by atoms with E-state index in [1.165, 1.54) is 19.3 Å². The molecule has 0 saturated heterocycles. The van der Waals surface area contributed by atoms with Gasteiger partial charge in [0.15, 0.2) is 0 Å². The smallest absolute Gasteiger partial charge is 0.306 e. The van der Waals surface area contributed by atoms with Gasteiger partial charge < -0.3 is 14.9 Å². The van der Waals surface area contributed by atoms with Gasteiger partial charge in [-0.2, -0.15) is 0 Å². The molecule has 1 aliphatic rings. The van der Waals surface area contributed by atoms with Crippen LogP contribution in [-0.4, -0.2) is 40.3 Å². The predicted octanol–water partition coefficient (Wildman–Crippen LogP) is 5.90. The Kier molecular flexibility index (Phi) is 15.6. The number of allylic oxidation sites excluding steroid dienone is 2. The normalized spacial score (nSPS) is 23.3. The third-order valence-corrected chi connectivity index (χ3v) is 6.53. The van der Waals surface area contributed by atoms with E-state index in [4.69, 9.17) is 4.74 Å². The van der Waals surface area contributed by atoms with Gasteiger partial charge in [0.25, 0.3) is 0 Å². The Morgan fingerprint density at radius 1 is 0.875 bits per heavy atom. The average Bonchev–Trinajstić information content (AvgIpc) is 3.00. The molecule has 5 heteroatoms. The van der Waals surface area contributed by atoms with Crippen molar-refractivity contribution in [3.63, 3.8) is 0 Å². The van der Waals surface area contributed by atoms with Gasteiger partial charge in [0.05, 0.1) is 18.3 Å². The number of ketones is 1. The number of carbonyl (C=O) groups excluding carboxylic acids is 2. The Hall–Kier alpha value is -1.20. The summed E-state index contributed by atoms with van der Waals surface area (Å²) in [6.45, 7) is 5.91. The van der Waals surface area contributed by atoms with E-state index < -0.39 is 12.2 Å². The van der Waals surface area contributed by atoms with Crippen molar-refractivity contribution in [3.05, 3.63) is 12.2 Å². The molecule has 4 atom stereocenters. The zero-order chi connectivity index (χ0) is 23.8. The molecule has 0 aromatic carbocycles. The molecule has 1 saturated carbocycles. The second-order valence-electron chi connectivity index (χ2n) is 9.78. The molecule has 0 aromatic rings. The number of esters is 1. The monoisotopic (exact) mass is 452 g/mol. The number of rotatable bonds is 18. The van der Waals surface area contributed by atoms with Gasteiger partial charge in [0.2, 0.25) is 0 Å². The van der Waals surface area contributed by atoms with Crippen LogP contribution in [0.5, 0.6) is 0 Å². The van der Waals surface area contributed by atoms with Crippen LogP contribution < -0.4 is 0 Å². The van der Waals surface area contributed by atoms with Crippen molar-refractivity contribution in [2.24, 2.45) is 11.8 Å². The van der Waals surface area contributed by atoms with Gasteiger partial charge in [-0.1, -0.05) is 51.2 Å². The first-order valence-corrected chi connectivity index (χ1v) is 13.1. The summed E-state index contributed by atoms with van der Waals surface area (Å²) in [5, 5.41) is 20.8. The lowest BCUT2D eigenvalue weighted by Crippen LogP contribution is -2.22. The molecule has 3 unspecified atom stereocenters. The van der Waals surface area contributed by atoms with Gasteiger partial charge in [-0.25, -0.2) is 0 Å². The van der Waals surface area contributed by atoms with Crippen LogP contribution in [0, 0.1) is 11.8 Å². The highest BCUT2D eigenvalue weighted by atomic mass is 16.5. The molecule has 1 aliphatic carbocycles. The molecular weight excluding hydrogens is 404 g/mol. The van der Waals surface area contributed by atoms with E-state index in [0.717, 1.165) is 44.9 Å². The summed E-state index contributed by atoms with van der Waals surface area (Å²) in [5.74, 6) is 0.210. The highest BCUT2D eigenvalue weighted by Crippen LogP contribution is 2.38. The number of ether oxygens (including phenoxy) is 1. The topological polar surface area (TPSA) is 83.8 Å². The van der Waals surface area contributed by atoms with E-state index in [2.05, 4.69) is 19.1 Å². The molecule has 0 aromatic heterocycles. The minimum Gasteiger partial charge on any atom is -0.463 e. The summed E-state index contributed by atoms with van der Waals surface area (Å²) in [5.41, 5.74) is 0. The molecule has 1 rings (SSSR count). The van der Waals surface area contributed by atoms with E-state index in [1.807, 2.05) is 13.8 Å². The van der Waals surface area contributed by atoms with Crippen LogP contribution in [0.4, 0.5) is 0 Å². The standard InChI is InChI=1S/C27H48O5/c1-4-5-6-9-12-15-22(28)18-19-24-23(25(29)20-26(24)30)16-13-10-7-8-11-14-17-27(31)32-21(2)3/h10,13,21,23-26,29-30H,4-9,11-12,14-20H2,1-3H3/b13-10-/t23?,24-,25?,26?/m1/s1. The highest BCUT2D eigenvalue weighted by Gasteiger charge is 2.40. The fourth-order valence-electron chi connectivity index (χ4n) is 4.69. The van der Waals surface area contributed by atoms with Crippen LogP contribution in [0.25, 0.3) is 0 Å². The third kappa shape index (κ3) is 12.7. The lowest BCUT2D eigenvalue weighted by atomic mass is 9.86. The number of hydrogen-bond donors (Lipinski definition) is 2. The molecule has 32 heavy (non-hydrogen) atoms. The molecule has 0 heterocycles. The summed E-state index contributed by atoms with van der Waals surface area (Å²) in [7, 11) is 0. The lowest BCUT2D eigenvalue weighted by Gasteiger charge is -2.22. The van der Waals surface area contributed by atoms with Crippen molar-refractivity contribution < 1.29 is 24.5 Å². The van der Waals surface area contributed by atoms with Crippen molar-refractivity contribution in [2.75, 3.05) is 0 Å². The molecule has 0 amide bonds. The van der Waals surface area contributed by atoms with Gasteiger partial charge in [0, 0.05) is 19.3 Å². The van der Waals surface area contributed by atoms with Crippen LogP contribution >= 0.6 is 0 Å². The zero-order valence-corrected chi connectivity index (χ0v) is 20.8. The molecule has 0 aliphatic heterocycles. The second kappa shape index (κ2) is 17.3. The molecule has 186 valence electrons. The first-order valence-electron chi connectivity index (χ1n) is 13.1. The largest absolute Gasteiger partial charge is 0.463 e. The fourth-order valence-corrected chi connectivity index (χ4v) is 4.69. The minimum absolute atomic E-state index is 0.00524. The molecule has 0 radical (unpaired) electrons. The highest BCUT2D eigenvalue weighted by molar-refractivity contribution is 5.78. The summed E-state index contributed by atoms with van der Waals surface area (Å²) >= 11 is 0. The maximum absolute atomic E-state index is 12.2. The van der Waals surface area contributed by atoms with Crippen LogP contribution in [0.3, 0.4) is 0 Å². The average molecular weight is 453 g/mol. The number of aliphatic hydroxyl groups is 2. The van der Waals surface area contributed by atoms with Crippen molar-refractivity contribution in [1.82, 2.24) is 0 Å². The molecule has 1 fully saturated rings. The summed E-state index contributed by atoms with van der Waals surface area (Å²) in [6.07, 6.45) is 16.3. The fraction of sp³-hybridized carbons (Fsp3) is 0.852. The Labute approximate surface area is 196 Å². The van der Waals surface area contributed by atoms with Gasteiger partial charge in [-0.15, -0.1) is 0 Å². The van der Waals surface area contributed by atoms with E-state index >= 15 is 0 Å². The van der Waals surface area contributed by atoms with Crippen molar-refractivity contribution in [1.29, 1.82) is 0 Å². The van der Waals surface area contributed by atoms with E-state index in [0.29, 0.717) is 37.9 Å². The Bertz CT molecular complexity index is 542. The first kappa shape index (κ1) is 28.8. The quantitative estimate of drug-likeness (QED) is 0.154. The SMILES string of the molecule is CCCCCCCC(=O)CC[C@H]1C(O)CC(O)C1C/C=C\CCCCCC(=O)OC(C)C. The summed E-state index contributed by atoms with van der Waals surface area (Å²) in [6, 6.07) is 0. The van der Waals surface area contributed by atoms with Gasteiger partial charge in [0.1, 0.15) is 5.78 Å². The van der Waals surface area contributed by atoms with Gasteiger partial charge >= 0.3 is 5.97 Å². The van der Waals surface area contributed by atoms with Crippen LogP contribution in [0.15, 0.2) is 12.2 Å². The first-order chi connectivity index (χ1) is 15.3. The van der Waals surface area contributed by atoms with E-state index in [-0.39, 0.29) is 23.9 Å². The molecule has 5 nitrogen and oxygen atoms in total. The number of hydrogen-bond acceptors (Lipinski definition) is 5. The van der Waals surface area contributed by atoms with Crippen LogP contribution in [0.1, 0.15) is 117 Å². The second-order valence-corrected chi connectivity index (χ2v) is 9.78. The molecular formula is C27H48O5. The lowest BCUT2D eigenvalue weighted by molar-refractivity contribution is -0.147. The Balaban J connectivity index is 2.24. The number of Topliss-reactive ketones (excluding diaryl/α,β-unsaturated/α-hetero) is 1. The predicted molar refractivity (Wildman–Crippen MR) is 129 cm³/mol. The molecule has 0 spiro atoms. The van der Waals surface area contributed by atoms with Crippen LogP contribution in [0.2, 0.25) is 0 Å². The maximum Gasteiger partial charge on any atom is 0.306 e. The molecule has 2 N–H and O–H groups in total. The third-order valence-electron chi connectivity index (χ3n) is 6.53. The van der Waals surface area contributed by atoms with Crippen molar-refractivity contribution >= 4 is 11.8 Å². The number of unbranched alkanes of at least 4 members (excludes halogenated alkanes) is 7. The van der Waals surface area contributed by atoms with Crippen LogP contribution in [-0.2, 0) is 14.3 Å². The summed E-state index contributed by atoms with van der Waals surface area (Å²) in [4.78, 5) is 23.7. The number of carbonyl (C=O) groups is 2. The Morgan fingerprint density at radius 2 is 1.53 bits per heavy atom. The van der Waals surface area contributed by atoms with E-state index in [9.17, 15) is 19.8 Å². The Morgan fingerprint density at radius 3 is 2.25 bits per heavy atom. The molecule has 0 bridgehead atoms. The van der Waals surface area contributed by atoms with Gasteiger partial charge in [-0.05, 0) is 70.6 Å².